The van der Waals surface area contributed by atoms with Crippen LogP contribution in [0.1, 0.15) is 110 Å². The van der Waals surface area contributed by atoms with Crippen molar-refractivity contribution in [2.24, 2.45) is 0 Å². The predicted octanol–water partition coefficient (Wildman–Crippen LogP) is 9.47. The van der Waals surface area contributed by atoms with E-state index in [2.05, 4.69) is 67.5 Å². The fourth-order valence-electron chi connectivity index (χ4n) is 4.74. The van der Waals surface area contributed by atoms with E-state index in [0.717, 1.165) is 42.6 Å². The Morgan fingerprint density at radius 2 is 1.43 bits per heavy atom. The fraction of sp³-hybridized carbons (Fsp3) is 0.613. The number of benzene rings is 2. The molecule has 0 spiro atoms. The number of hydrogen-bond acceptors (Lipinski definition) is 2. The Morgan fingerprint density at radius 1 is 0.811 bits per heavy atom. The van der Waals surface area contributed by atoms with Gasteiger partial charge < -0.3 is 9.47 Å². The number of ether oxygens (including phenoxy) is 2. The van der Waals surface area contributed by atoms with Crippen LogP contribution in [0.15, 0.2) is 36.4 Å². The summed E-state index contributed by atoms with van der Waals surface area (Å²) in [5, 5.41) is -0.134. The number of unbranched alkanes of at least 4 members (excludes halogenated alkanes) is 2. The summed E-state index contributed by atoms with van der Waals surface area (Å²) in [6.07, 6.45) is 0.132. The molecule has 0 radical (unpaired) electrons. The largest absolute Gasteiger partial charge is 0.467 e. The van der Waals surface area contributed by atoms with Gasteiger partial charge in [-0.15, -0.1) is 0 Å². The van der Waals surface area contributed by atoms with Gasteiger partial charge in [0.1, 0.15) is 5.75 Å². The summed E-state index contributed by atoms with van der Waals surface area (Å²) in [5.74, 6) is 0.762. The second kappa shape index (κ2) is 12.5. The van der Waals surface area contributed by atoms with Gasteiger partial charge in [0.15, 0.2) is 6.79 Å². The maximum Gasteiger partial charge on any atom is 0.417 e. The number of rotatable bonds is 11. The van der Waals surface area contributed by atoms with Gasteiger partial charge in [-0.3, -0.25) is 0 Å². The van der Waals surface area contributed by atoms with Gasteiger partial charge in [-0.05, 0) is 40.6 Å². The van der Waals surface area contributed by atoms with Gasteiger partial charge in [0.2, 0.25) is 0 Å². The molecule has 208 valence electrons. The van der Waals surface area contributed by atoms with Crippen LogP contribution in [-0.4, -0.2) is 13.9 Å². The maximum atomic E-state index is 14.1. The third-order valence-corrected chi connectivity index (χ3v) is 9.07. The molecule has 0 saturated carbocycles. The van der Waals surface area contributed by atoms with E-state index in [1.807, 2.05) is 0 Å². The highest BCUT2D eigenvalue weighted by atomic mass is 31.1. The monoisotopic (exact) mass is 538 g/mol. The zero-order valence-corrected chi connectivity index (χ0v) is 25.2. The molecule has 0 aliphatic carbocycles. The minimum atomic E-state index is -4.40. The molecule has 0 aliphatic heterocycles. The molecule has 0 aromatic heterocycles. The van der Waals surface area contributed by atoms with E-state index in [0.29, 0.717) is 11.7 Å². The molecule has 0 amide bonds. The third-order valence-electron chi connectivity index (χ3n) is 7.02. The maximum absolute atomic E-state index is 14.1. The minimum Gasteiger partial charge on any atom is -0.467 e. The molecule has 2 unspecified atom stereocenters. The van der Waals surface area contributed by atoms with E-state index in [9.17, 15) is 13.2 Å². The molecule has 2 nitrogen and oxygen atoms in total. The molecule has 0 heterocycles. The first-order valence-electron chi connectivity index (χ1n) is 13.4. The van der Waals surface area contributed by atoms with Crippen LogP contribution in [0.2, 0.25) is 0 Å². The van der Waals surface area contributed by atoms with Crippen molar-refractivity contribution in [3.8, 4) is 5.75 Å². The summed E-state index contributed by atoms with van der Waals surface area (Å²) in [4.78, 5) is 0. The van der Waals surface area contributed by atoms with Crippen LogP contribution in [0.4, 0.5) is 13.2 Å². The van der Waals surface area contributed by atoms with Crippen molar-refractivity contribution in [1.82, 2.24) is 0 Å². The van der Waals surface area contributed by atoms with Gasteiger partial charge in [0.25, 0.3) is 0 Å². The Bertz CT molecular complexity index is 1020. The molecule has 0 saturated heterocycles. The van der Waals surface area contributed by atoms with E-state index in [-0.39, 0.29) is 26.2 Å². The first-order valence-corrected chi connectivity index (χ1v) is 14.4. The predicted molar refractivity (Wildman–Crippen MR) is 152 cm³/mol. The van der Waals surface area contributed by atoms with E-state index < -0.39 is 16.9 Å². The van der Waals surface area contributed by atoms with Crippen molar-refractivity contribution in [3.63, 3.8) is 0 Å². The standard InChI is InChI=1S/C31H46F3O2P/c1-10-12-15-18-30(11-2,37-26-17-14-13-16-23(26)31(32,33)34)25-20-22(28(3,4)5)19-24(29(6,7)8)27(25)36-21-35-9/h13-14,16-17,19-20,37H,10-12,15,18,21H2,1-9H3. The van der Waals surface area contributed by atoms with Crippen LogP contribution >= 0.6 is 8.58 Å². The molecular formula is C31H46F3O2P. The van der Waals surface area contributed by atoms with Crippen LogP contribution in [0.25, 0.3) is 0 Å². The smallest absolute Gasteiger partial charge is 0.417 e. The Morgan fingerprint density at radius 3 is 1.95 bits per heavy atom. The third kappa shape index (κ3) is 7.96. The minimum absolute atomic E-state index is 0.0528. The van der Waals surface area contributed by atoms with E-state index >= 15 is 0 Å². The molecule has 2 atom stereocenters. The highest BCUT2D eigenvalue weighted by Gasteiger charge is 2.40. The Labute approximate surface area is 224 Å². The van der Waals surface area contributed by atoms with Gasteiger partial charge in [-0.2, -0.15) is 13.2 Å². The number of halogens is 3. The topological polar surface area (TPSA) is 18.5 Å². The van der Waals surface area contributed by atoms with Crippen molar-refractivity contribution < 1.29 is 22.6 Å². The fourth-order valence-corrected chi connectivity index (χ4v) is 6.60. The molecule has 6 heteroatoms. The van der Waals surface area contributed by atoms with Crippen LogP contribution in [0, 0.1) is 0 Å². The van der Waals surface area contributed by atoms with Gasteiger partial charge in [-0.1, -0.05) is 114 Å². The Balaban J connectivity index is 2.94. The van der Waals surface area contributed by atoms with Crippen LogP contribution < -0.4 is 10.0 Å². The molecule has 0 bridgehead atoms. The van der Waals surface area contributed by atoms with E-state index in [4.69, 9.17) is 9.47 Å². The van der Waals surface area contributed by atoms with Gasteiger partial charge in [0.05, 0.1) is 5.56 Å². The van der Waals surface area contributed by atoms with E-state index in [1.165, 1.54) is 17.7 Å². The molecular weight excluding hydrogens is 492 g/mol. The lowest BCUT2D eigenvalue weighted by atomic mass is 9.76. The van der Waals surface area contributed by atoms with Crippen LogP contribution in [0.5, 0.6) is 5.75 Å². The summed E-state index contributed by atoms with van der Waals surface area (Å²) in [6, 6.07) is 10.5. The van der Waals surface area contributed by atoms with Gasteiger partial charge in [0, 0.05) is 23.4 Å². The molecule has 0 N–H and O–H groups in total. The average molecular weight is 539 g/mol. The highest BCUT2D eigenvalue weighted by Crippen LogP contribution is 2.55. The van der Waals surface area contributed by atoms with Crippen molar-refractivity contribution in [1.29, 1.82) is 0 Å². The summed E-state index contributed by atoms with van der Waals surface area (Å²) < 4.78 is 53.9. The second-order valence-electron chi connectivity index (χ2n) is 12.0. The molecule has 2 aromatic rings. The zero-order chi connectivity index (χ0) is 28.1. The summed E-state index contributed by atoms with van der Waals surface area (Å²) in [5.41, 5.74) is 2.34. The van der Waals surface area contributed by atoms with Gasteiger partial charge in [-0.25, -0.2) is 0 Å². The summed E-state index contributed by atoms with van der Waals surface area (Å²) in [6.45, 7) is 17.4. The number of alkyl halides is 3. The second-order valence-corrected chi connectivity index (χ2v) is 13.8. The molecule has 2 aromatic carbocycles. The Hall–Kier alpha value is -1.58. The van der Waals surface area contributed by atoms with Crippen LogP contribution in [-0.2, 0) is 26.9 Å². The first-order chi connectivity index (χ1) is 17.1. The lowest BCUT2D eigenvalue weighted by Crippen LogP contribution is -2.29. The lowest BCUT2D eigenvalue weighted by molar-refractivity contribution is -0.136. The van der Waals surface area contributed by atoms with Crippen molar-refractivity contribution in [3.05, 3.63) is 58.7 Å². The SMILES string of the molecule is CCCCCC(CC)(Pc1ccccc1C(F)(F)F)c1cc(C(C)(C)C)cc(C(C)(C)C)c1OCOC. The normalized spacial score (nSPS) is 14.8. The van der Waals surface area contributed by atoms with Crippen molar-refractivity contribution >= 4 is 13.9 Å². The van der Waals surface area contributed by atoms with Gasteiger partial charge >= 0.3 is 6.18 Å². The van der Waals surface area contributed by atoms with Crippen molar-refractivity contribution in [2.75, 3.05) is 13.9 Å². The number of hydrogen-bond donors (Lipinski definition) is 0. The Kier molecular flexibility index (Phi) is 10.7. The first kappa shape index (κ1) is 31.6. The van der Waals surface area contributed by atoms with Crippen molar-refractivity contribution in [2.45, 2.75) is 110 Å². The zero-order valence-electron chi connectivity index (χ0n) is 24.2. The van der Waals surface area contributed by atoms with Crippen LogP contribution in [0.3, 0.4) is 0 Å². The molecule has 0 fully saturated rings. The summed E-state index contributed by atoms with van der Waals surface area (Å²) >= 11 is 0. The molecule has 2 rings (SSSR count). The lowest BCUT2D eigenvalue weighted by Gasteiger charge is -2.39. The molecule has 0 aliphatic rings. The molecule has 37 heavy (non-hydrogen) atoms. The summed E-state index contributed by atoms with van der Waals surface area (Å²) in [7, 11) is 1.54. The average Bonchev–Trinajstić information content (AvgIpc) is 2.80. The number of methoxy groups -OCH3 is 1. The van der Waals surface area contributed by atoms with E-state index in [1.54, 1.807) is 19.2 Å². The quantitative estimate of drug-likeness (QED) is 0.161. The highest BCUT2D eigenvalue weighted by molar-refractivity contribution is 7.48.